The Balaban J connectivity index is 0.00000363. The topological polar surface area (TPSA) is 180 Å². The van der Waals surface area contributed by atoms with Crippen LogP contribution in [0, 0.1) is 5.92 Å². The number of ether oxygens (including phenoxy) is 2. The van der Waals surface area contributed by atoms with E-state index < -0.39 is 6.61 Å². The number of nitrogens with zero attached hydrogens (tertiary/aromatic N) is 2. The van der Waals surface area contributed by atoms with E-state index in [0.29, 0.717) is 54.2 Å². The molecule has 11 nitrogen and oxygen atoms in total. The number of aliphatic hydroxyl groups is 1. The summed E-state index contributed by atoms with van der Waals surface area (Å²) in [4.78, 5) is 28.3. The minimum atomic E-state index is -0.421. The van der Waals surface area contributed by atoms with E-state index in [2.05, 4.69) is 10.2 Å². The first-order valence-electron chi connectivity index (χ1n) is 10.5. The Morgan fingerprint density at radius 1 is 1.26 bits per heavy atom. The summed E-state index contributed by atoms with van der Waals surface area (Å²) in [6.07, 6.45) is 1.76. The van der Waals surface area contributed by atoms with Crippen molar-refractivity contribution in [2.45, 2.75) is 18.9 Å². The van der Waals surface area contributed by atoms with Gasteiger partial charge in [-0.2, -0.15) is 0 Å². The summed E-state index contributed by atoms with van der Waals surface area (Å²) in [6.45, 7) is 4.48. The number of benzene rings is 1. The summed E-state index contributed by atoms with van der Waals surface area (Å²) in [5.74, 6) is 0.397. The summed E-state index contributed by atoms with van der Waals surface area (Å²) in [6, 6.07) is 3.04. The van der Waals surface area contributed by atoms with Crippen LogP contribution in [0.3, 0.4) is 0 Å². The van der Waals surface area contributed by atoms with Crippen LogP contribution in [0.4, 0.5) is 5.69 Å². The largest absolute Gasteiger partial charge is 0.496 e. The fraction of sp³-hybridized carbons (Fsp3) is 0.619. The van der Waals surface area contributed by atoms with Gasteiger partial charge in [0.05, 0.1) is 36.1 Å². The number of methoxy groups -OCH3 is 1. The predicted octanol–water partition coefficient (Wildman–Crippen LogP) is -0.479. The molecular formula is C21H36BrClN4O7. The number of halogens is 2. The number of hydrogen-bond acceptors (Lipinski definition) is 7. The number of nitrogens with two attached hydrogens (primary N) is 1. The molecule has 0 spiro atoms. The second kappa shape index (κ2) is 15.4. The molecular weight excluding hydrogens is 536 g/mol. The highest BCUT2D eigenvalue weighted by atomic mass is 79.9. The Labute approximate surface area is 214 Å². The quantitative estimate of drug-likeness (QED) is 0.370. The molecule has 0 bridgehead atoms. The first-order valence-corrected chi connectivity index (χ1v) is 10.9. The lowest BCUT2D eigenvalue weighted by Crippen LogP contribution is -2.50. The average Bonchev–Trinajstić information content (AvgIpc) is 2.79. The van der Waals surface area contributed by atoms with E-state index in [1.54, 1.807) is 4.90 Å². The van der Waals surface area contributed by atoms with Crippen LogP contribution in [0.25, 0.3) is 0 Å². The first kappa shape index (κ1) is 32.3. The zero-order chi connectivity index (χ0) is 22.4. The molecule has 2 aliphatic rings. The van der Waals surface area contributed by atoms with Gasteiger partial charge in [-0.25, -0.2) is 0 Å². The van der Waals surface area contributed by atoms with Gasteiger partial charge in [-0.1, -0.05) is 11.6 Å². The Hall–Kier alpha value is -1.67. The molecule has 0 aliphatic carbocycles. The molecule has 2 fully saturated rings. The van der Waals surface area contributed by atoms with Gasteiger partial charge < -0.3 is 41.5 Å². The molecule has 196 valence electrons. The molecule has 13 heteroatoms. The van der Waals surface area contributed by atoms with Crippen LogP contribution in [0.15, 0.2) is 12.1 Å². The zero-order valence-electron chi connectivity index (χ0n) is 19.2. The van der Waals surface area contributed by atoms with Crippen molar-refractivity contribution in [1.29, 1.82) is 0 Å². The Bertz CT molecular complexity index is 797. The lowest BCUT2D eigenvalue weighted by molar-refractivity contribution is -0.135. The molecule has 0 radical (unpaired) electrons. The monoisotopic (exact) mass is 570 g/mol. The lowest BCUT2D eigenvalue weighted by Gasteiger charge is -2.38. The van der Waals surface area contributed by atoms with Gasteiger partial charge in [0.2, 0.25) is 5.91 Å². The molecule has 2 saturated heterocycles. The third-order valence-corrected chi connectivity index (χ3v) is 6.22. The number of likely N-dealkylation sites (tertiary alicyclic amines) is 1. The van der Waals surface area contributed by atoms with Gasteiger partial charge in [0, 0.05) is 45.3 Å². The van der Waals surface area contributed by atoms with Gasteiger partial charge >= 0.3 is 0 Å². The molecule has 2 aliphatic heterocycles. The molecule has 1 unspecified atom stereocenters. The first-order chi connectivity index (χ1) is 14.9. The lowest BCUT2D eigenvalue weighted by atomic mass is 9.96. The van der Waals surface area contributed by atoms with Crippen molar-refractivity contribution in [1.82, 2.24) is 15.1 Å². The maximum atomic E-state index is 12.6. The summed E-state index contributed by atoms with van der Waals surface area (Å²) in [5.41, 5.74) is 6.46. The Kier molecular flexibility index (Phi) is 14.6. The number of morpholine rings is 1. The number of carbonyl (C=O) groups excluding carboxylic acids is 2. The summed E-state index contributed by atoms with van der Waals surface area (Å²) in [5, 5.41) is 12.2. The van der Waals surface area contributed by atoms with E-state index in [1.807, 2.05) is 0 Å². The second-order valence-electron chi connectivity index (χ2n) is 8.02. The molecule has 3 rings (SSSR count). The van der Waals surface area contributed by atoms with Crippen LogP contribution in [-0.4, -0.2) is 103 Å². The van der Waals surface area contributed by atoms with Crippen LogP contribution in [0.2, 0.25) is 5.02 Å². The van der Waals surface area contributed by atoms with E-state index in [-0.39, 0.29) is 45.9 Å². The van der Waals surface area contributed by atoms with Gasteiger partial charge in [-0.3, -0.25) is 14.5 Å². The van der Waals surface area contributed by atoms with Gasteiger partial charge in [-0.05, 0) is 24.8 Å². The van der Waals surface area contributed by atoms with Crippen LogP contribution in [0.5, 0.6) is 5.75 Å². The normalized spacial score (nSPS) is 18.7. The Morgan fingerprint density at radius 3 is 2.56 bits per heavy atom. The molecule has 2 amide bonds. The molecule has 2 heterocycles. The van der Waals surface area contributed by atoms with Gasteiger partial charge in [0.25, 0.3) is 5.91 Å². The van der Waals surface area contributed by atoms with Crippen molar-refractivity contribution in [3.05, 3.63) is 22.7 Å². The molecule has 1 aromatic carbocycles. The molecule has 8 N–H and O–H groups in total. The Morgan fingerprint density at radius 2 is 1.94 bits per heavy atom. The van der Waals surface area contributed by atoms with E-state index in [1.165, 1.54) is 19.2 Å². The predicted molar refractivity (Wildman–Crippen MR) is 135 cm³/mol. The molecule has 34 heavy (non-hydrogen) atoms. The maximum Gasteiger partial charge on any atom is 0.255 e. The number of nitrogen functional groups attached to an aromatic ring is 1. The van der Waals surface area contributed by atoms with E-state index in [4.69, 9.17) is 31.9 Å². The maximum absolute atomic E-state index is 12.6. The van der Waals surface area contributed by atoms with Gasteiger partial charge in [0.15, 0.2) is 0 Å². The molecule has 1 aromatic rings. The molecule has 0 aromatic heterocycles. The van der Waals surface area contributed by atoms with Crippen LogP contribution >= 0.6 is 28.6 Å². The second-order valence-corrected chi connectivity index (χ2v) is 8.43. The number of rotatable bonds is 7. The number of aliphatic hydroxyl groups excluding tert-OH is 1. The van der Waals surface area contributed by atoms with E-state index in [0.717, 1.165) is 32.5 Å². The third-order valence-electron chi connectivity index (χ3n) is 5.90. The van der Waals surface area contributed by atoms with Crippen molar-refractivity contribution in [2.75, 3.05) is 65.3 Å². The van der Waals surface area contributed by atoms with Crippen LogP contribution in [-0.2, 0) is 9.53 Å². The number of nitrogens with one attached hydrogen (secondary N) is 1. The summed E-state index contributed by atoms with van der Waals surface area (Å²) in [7, 11) is 1.48. The van der Waals surface area contributed by atoms with Crippen molar-refractivity contribution >= 4 is 46.1 Å². The minimum Gasteiger partial charge on any atom is -0.496 e. The van der Waals surface area contributed by atoms with Crippen molar-refractivity contribution in [3.63, 3.8) is 0 Å². The van der Waals surface area contributed by atoms with Crippen molar-refractivity contribution in [3.8, 4) is 5.75 Å². The van der Waals surface area contributed by atoms with E-state index in [9.17, 15) is 9.59 Å². The number of carbonyl (C=O) groups is 2. The molecule has 1 atom stereocenters. The summed E-state index contributed by atoms with van der Waals surface area (Å²) < 4.78 is 11.1. The highest BCUT2D eigenvalue weighted by Gasteiger charge is 2.27. The fourth-order valence-corrected chi connectivity index (χ4v) is 4.28. The SMILES string of the molecule is Br.COc1cc(N)c(Cl)cc1C(=O)NCC1CN(CC2CCN(C(=O)CO)CC2)CCO1.O.O. The van der Waals surface area contributed by atoms with Crippen molar-refractivity contribution in [2.24, 2.45) is 5.92 Å². The number of anilines is 1. The third kappa shape index (κ3) is 8.52. The average molecular weight is 572 g/mol. The minimum absolute atomic E-state index is 0. The highest BCUT2D eigenvalue weighted by Crippen LogP contribution is 2.28. The van der Waals surface area contributed by atoms with Crippen LogP contribution < -0.4 is 15.8 Å². The van der Waals surface area contributed by atoms with E-state index >= 15 is 0 Å². The number of amides is 2. The fourth-order valence-electron chi connectivity index (χ4n) is 4.12. The number of hydrogen-bond donors (Lipinski definition) is 3. The highest BCUT2D eigenvalue weighted by molar-refractivity contribution is 8.93. The van der Waals surface area contributed by atoms with Gasteiger partial charge in [0.1, 0.15) is 12.4 Å². The van der Waals surface area contributed by atoms with Crippen LogP contribution in [0.1, 0.15) is 23.2 Å². The standard InChI is InChI=1S/C21H31ClN4O5.BrH.2H2O/c1-30-19-9-18(23)17(22)8-16(19)21(29)24-10-15-12-25(6-7-31-15)11-14-2-4-26(5-3-14)20(28)13-27;;;/h8-9,14-15,27H,2-7,10-13,23H2,1H3,(H,24,29);1H;2*1H2. The van der Waals surface area contributed by atoms with Crippen molar-refractivity contribution < 1.29 is 35.1 Å². The molecule has 0 saturated carbocycles. The number of piperidine rings is 1. The smallest absolute Gasteiger partial charge is 0.255 e. The van der Waals surface area contributed by atoms with Gasteiger partial charge in [-0.15, -0.1) is 17.0 Å². The zero-order valence-corrected chi connectivity index (χ0v) is 21.7. The summed E-state index contributed by atoms with van der Waals surface area (Å²) >= 11 is 6.06.